The number of rotatable bonds is 4. The molecule has 1 heterocycles. The average molecular weight is 263 g/mol. The summed E-state index contributed by atoms with van der Waals surface area (Å²) in [7, 11) is 4.16. The van der Waals surface area contributed by atoms with Crippen LogP contribution in [0.5, 0.6) is 11.5 Å². The third kappa shape index (κ3) is 2.01. The number of Topliss-reactive ketones (excluding diaryl/α,β-unsaturated/α-hetero) is 1. The van der Waals surface area contributed by atoms with Crippen LogP contribution in [0.1, 0.15) is 10.4 Å². The SMILES string of the molecule is COC(=O)C(=O)c1c[nH]c2c(OC)ccc(OC)c12. The molecule has 2 rings (SSSR count). The zero-order valence-corrected chi connectivity index (χ0v) is 10.8. The van der Waals surface area contributed by atoms with Crippen molar-refractivity contribution in [2.75, 3.05) is 21.3 Å². The molecule has 0 aliphatic heterocycles. The summed E-state index contributed by atoms with van der Waals surface area (Å²) in [6.07, 6.45) is 1.44. The van der Waals surface area contributed by atoms with Gasteiger partial charge in [0, 0.05) is 6.20 Å². The summed E-state index contributed by atoms with van der Waals surface area (Å²) >= 11 is 0. The van der Waals surface area contributed by atoms with Crippen molar-refractivity contribution in [3.63, 3.8) is 0 Å². The highest BCUT2D eigenvalue weighted by molar-refractivity contribution is 6.43. The number of aromatic amines is 1. The zero-order chi connectivity index (χ0) is 14.0. The van der Waals surface area contributed by atoms with Crippen LogP contribution in [0, 0.1) is 0 Å². The van der Waals surface area contributed by atoms with Crippen LogP contribution in [-0.4, -0.2) is 38.1 Å². The van der Waals surface area contributed by atoms with E-state index in [-0.39, 0.29) is 5.56 Å². The van der Waals surface area contributed by atoms with Gasteiger partial charge in [0.15, 0.2) is 0 Å². The molecule has 0 fully saturated rings. The summed E-state index contributed by atoms with van der Waals surface area (Å²) in [5.41, 5.74) is 0.784. The number of carbonyl (C=O) groups is 2. The van der Waals surface area contributed by atoms with Gasteiger partial charge in [-0.05, 0) is 12.1 Å². The lowest BCUT2D eigenvalue weighted by Gasteiger charge is -2.07. The molecule has 0 unspecified atom stereocenters. The van der Waals surface area contributed by atoms with Crippen molar-refractivity contribution in [2.24, 2.45) is 0 Å². The molecule has 0 saturated carbocycles. The third-order valence-corrected chi connectivity index (χ3v) is 2.81. The molecular weight excluding hydrogens is 250 g/mol. The Morgan fingerprint density at radius 2 is 1.68 bits per heavy atom. The Labute approximate surface area is 109 Å². The Hall–Kier alpha value is -2.50. The number of aromatic nitrogens is 1. The fraction of sp³-hybridized carbons (Fsp3) is 0.231. The first-order chi connectivity index (χ1) is 9.13. The Bertz CT molecular complexity index is 644. The predicted molar refractivity (Wildman–Crippen MR) is 67.7 cm³/mol. The number of ketones is 1. The van der Waals surface area contributed by atoms with E-state index in [2.05, 4.69) is 9.72 Å². The van der Waals surface area contributed by atoms with Crippen molar-refractivity contribution in [3.05, 3.63) is 23.9 Å². The van der Waals surface area contributed by atoms with Gasteiger partial charge in [0.2, 0.25) is 0 Å². The van der Waals surface area contributed by atoms with E-state index in [4.69, 9.17) is 9.47 Å². The minimum Gasteiger partial charge on any atom is -0.496 e. The van der Waals surface area contributed by atoms with Crippen LogP contribution in [0.15, 0.2) is 18.3 Å². The summed E-state index contributed by atoms with van der Waals surface area (Å²) in [5, 5.41) is 0.497. The highest BCUT2D eigenvalue weighted by Crippen LogP contribution is 2.35. The number of H-pyrrole nitrogens is 1. The first-order valence-electron chi connectivity index (χ1n) is 5.48. The van der Waals surface area contributed by atoms with Gasteiger partial charge in [-0.25, -0.2) is 4.79 Å². The highest BCUT2D eigenvalue weighted by atomic mass is 16.5. The molecule has 1 aromatic heterocycles. The smallest absolute Gasteiger partial charge is 0.379 e. The fourth-order valence-corrected chi connectivity index (χ4v) is 1.91. The number of hydrogen-bond acceptors (Lipinski definition) is 5. The maximum absolute atomic E-state index is 11.9. The van der Waals surface area contributed by atoms with E-state index in [0.717, 1.165) is 7.11 Å². The van der Waals surface area contributed by atoms with Crippen LogP contribution in [0.3, 0.4) is 0 Å². The summed E-state index contributed by atoms with van der Waals surface area (Å²) in [5.74, 6) is -0.630. The normalized spacial score (nSPS) is 10.3. The van der Waals surface area contributed by atoms with Crippen molar-refractivity contribution in [2.45, 2.75) is 0 Å². The van der Waals surface area contributed by atoms with Gasteiger partial charge < -0.3 is 19.2 Å². The van der Waals surface area contributed by atoms with Crippen LogP contribution < -0.4 is 9.47 Å². The monoisotopic (exact) mass is 263 g/mol. The lowest BCUT2D eigenvalue weighted by molar-refractivity contribution is -0.135. The molecule has 6 nitrogen and oxygen atoms in total. The molecule has 0 amide bonds. The predicted octanol–water partition coefficient (Wildman–Crippen LogP) is 1.54. The molecule has 6 heteroatoms. The molecule has 0 spiro atoms. The maximum atomic E-state index is 11.9. The Balaban J connectivity index is 2.70. The molecule has 0 aliphatic rings. The molecule has 0 bridgehead atoms. The maximum Gasteiger partial charge on any atom is 0.379 e. The van der Waals surface area contributed by atoms with Gasteiger partial charge in [0.25, 0.3) is 5.78 Å². The van der Waals surface area contributed by atoms with E-state index in [1.165, 1.54) is 20.4 Å². The number of ether oxygens (including phenoxy) is 3. The summed E-state index contributed by atoms with van der Waals surface area (Å²) in [6.45, 7) is 0. The molecule has 0 radical (unpaired) electrons. The number of esters is 1. The van der Waals surface area contributed by atoms with Gasteiger partial charge in [0.05, 0.1) is 37.8 Å². The second-order valence-electron chi connectivity index (χ2n) is 3.74. The average Bonchev–Trinajstić information content (AvgIpc) is 2.89. The third-order valence-electron chi connectivity index (χ3n) is 2.81. The van der Waals surface area contributed by atoms with E-state index in [1.807, 2.05) is 0 Å². The largest absolute Gasteiger partial charge is 0.496 e. The molecule has 100 valence electrons. The number of fused-ring (bicyclic) bond motifs is 1. The number of benzene rings is 1. The molecule has 0 aliphatic carbocycles. The lowest BCUT2D eigenvalue weighted by Crippen LogP contribution is -2.15. The second-order valence-corrected chi connectivity index (χ2v) is 3.74. The Morgan fingerprint density at radius 1 is 1.05 bits per heavy atom. The van der Waals surface area contributed by atoms with Gasteiger partial charge in [-0.1, -0.05) is 0 Å². The van der Waals surface area contributed by atoms with Crippen LogP contribution >= 0.6 is 0 Å². The zero-order valence-electron chi connectivity index (χ0n) is 10.8. The van der Waals surface area contributed by atoms with Crippen LogP contribution in [0.4, 0.5) is 0 Å². The van der Waals surface area contributed by atoms with E-state index in [9.17, 15) is 9.59 Å². The van der Waals surface area contributed by atoms with E-state index in [1.54, 1.807) is 12.1 Å². The lowest BCUT2D eigenvalue weighted by atomic mass is 10.1. The van der Waals surface area contributed by atoms with Gasteiger partial charge in [-0.15, -0.1) is 0 Å². The Kier molecular flexibility index (Phi) is 3.41. The minimum atomic E-state index is -0.925. The molecule has 1 aromatic carbocycles. The molecular formula is C13H13NO5. The molecule has 1 N–H and O–H groups in total. The summed E-state index contributed by atoms with van der Waals surface area (Å²) in [6, 6.07) is 3.38. The van der Waals surface area contributed by atoms with Gasteiger partial charge in [0.1, 0.15) is 11.5 Å². The van der Waals surface area contributed by atoms with Gasteiger partial charge in [-0.2, -0.15) is 0 Å². The van der Waals surface area contributed by atoms with Crippen molar-refractivity contribution >= 4 is 22.7 Å². The van der Waals surface area contributed by atoms with Crippen molar-refractivity contribution < 1.29 is 23.8 Å². The van der Waals surface area contributed by atoms with Crippen LogP contribution in [-0.2, 0) is 9.53 Å². The molecule has 0 atom stereocenters. The number of carbonyl (C=O) groups excluding carboxylic acids is 2. The summed E-state index contributed by atoms with van der Waals surface area (Å²) < 4.78 is 14.8. The topological polar surface area (TPSA) is 77.6 Å². The number of hydrogen-bond donors (Lipinski definition) is 1. The van der Waals surface area contributed by atoms with E-state index < -0.39 is 11.8 Å². The highest BCUT2D eigenvalue weighted by Gasteiger charge is 2.24. The molecule has 2 aromatic rings. The summed E-state index contributed by atoms with van der Waals surface area (Å²) in [4.78, 5) is 26.2. The van der Waals surface area contributed by atoms with Gasteiger partial charge in [-0.3, -0.25) is 4.79 Å². The van der Waals surface area contributed by atoms with Crippen molar-refractivity contribution in [3.8, 4) is 11.5 Å². The van der Waals surface area contributed by atoms with E-state index >= 15 is 0 Å². The van der Waals surface area contributed by atoms with Crippen molar-refractivity contribution in [1.29, 1.82) is 0 Å². The minimum absolute atomic E-state index is 0.192. The van der Waals surface area contributed by atoms with Crippen LogP contribution in [0.2, 0.25) is 0 Å². The molecule has 0 saturated heterocycles. The first-order valence-corrected chi connectivity index (χ1v) is 5.48. The molecule has 19 heavy (non-hydrogen) atoms. The van der Waals surface area contributed by atoms with E-state index in [0.29, 0.717) is 22.4 Å². The fourth-order valence-electron chi connectivity index (χ4n) is 1.91. The van der Waals surface area contributed by atoms with Gasteiger partial charge >= 0.3 is 5.97 Å². The number of nitrogens with one attached hydrogen (secondary N) is 1. The standard InChI is InChI=1S/C13H13NO5/c1-17-8-4-5-9(18-2)11-10(8)7(6-14-11)12(15)13(16)19-3/h4-6,14H,1-3H3. The first kappa shape index (κ1) is 12.9. The Morgan fingerprint density at radius 3 is 2.26 bits per heavy atom. The van der Waals surface area contributed by atoms with Crippen LogP contribution in [0.25, 0.3) is 10.9 Å². The second kappa shape index (κ2) is 5.01. The number of methoxy groups -OCH3 is 3. The quantitative estimate of drug-likeness (QED) is 0.514. The van der Waals surface area contributed by atoms with Crippen molar-refractivity contribution in [1.82, 2.24) is 4.98 Å².